The van der Waals surface area contributed by atoms with Gasteiger partial charge in [-0.1, -0.05) is 109 Å². The van der Waals surface area contributed by atoms with E-state index in [9.17, 15) is 33.6 Å². The number of ether oxygens (including phenoxy) is 2. The maximum atomic E-state index is 14.9. The first-order chi connectivity index (χ1) is 29.5. The molecule has 4 rings (SSSR count). The lowest BCUT2D eigenvalue weighted by atomic mass is 9.82. The molecule has 15 heteroatoms. The molecule has 4 N–H and O–H groups in total. The van der Waals surface area contributed by atoms with Gasteiger partial charge in [0.05, 0.1) is 12.3 Å². The molecule has 0 unspecified atom stereocenters. The Bertz CT molecular complexity index is 1810. The number of nitrogens with one attached hydrogen (secondary N) is 4. The van der Waals surface area contributed by atoms with Crippen LogP contribution < -0.4 is 21.3 Å². The second kappa shape index (κ2) is 23.7. The van der Waals surface area contributed by atoms with E-state index in [1.807, 2.05) is 52.0 Å². The highest BCUT2D eigenvalue weighted by atomic mass is 16.5. The lowest BCUT2D eigenvalue weighted by Crippen LogP contribution is -2.66. The van der Waals surface area contributed by atoms with Crippen LogP contribution in [0.5, 0.6) is 0 Å². The summed E-state index contributed by atoms with van der Waals surface area (Å²) >= 11 is 0. The summed E-state index contributed by atoms with van der Waals surface area (Å²) in [5, 5.41) is 11.2. The summed E-state index contributed by atoms with van der Waals surface area (Å²) < 4.78 is 11.1. The number of hydrogen-bond acceptors (Lipinski definition) is 9. The monoisotopic (exact) mass is 861 g/mol. The van der Waals surface area contributed by atoms with Crippen LogP contribution in [-0.2, 0) is 51.5 Å². The molecule has 0 spiro atoms. The summed E-state index contributed by atoms with van der Waals surface area (Å²) in [4.78, 5) is 102. The topological polar surface area (TPSA) is 193 Å². The molecule has 0 saturated carbocycles. The van der Waals surface area contributed by atoms with Crippen molar-refractivity contribution in [2.45, 2.75) is 143 Å². The van der Waals surface area contributed by atoms with Crippen molar-refractivity contribution in [3.05, 3.63) is 71.8 Å². The normalized spacial score (nSPS) is 18.0. The number of amides is 6. The van der Waals surface area contributed by atoms with E-state index in [0.29, 0.717) is 44.3 Å². The van der Waals surface area contributed by atoms with Crippen molar-refractivity contribution in [3.8, 4) is 0 Å². The summed E-state index contributed by atoms with van der Waals surface area (Å²) in [5.74, 6) is -5.04. The molecule has 0 radical (unpaired) electrons. The van der Waals surface area contributed by atoms with E-state index in [1.54, 1.807) is 62.1 Å². The first kappa shape index (κ1) is 49.2. The van der Waals surface area contributed by atoms with Crippen molar-refractivity contribution in [2.75, 3.05) is 19.6 Å². The van der Waals surface area contributed by atoms with Crippen LogP contribution in [0.25, 0.3) is 0 Å². The predicted molar refractivity (Wildman–Crippen MR) is 234 cm³/mol. The molecule has 2 fully saturated rings. The summed E-state index contributed by atoms with van der Waals surface area (Å²) in [6, 6.07) is 12.2. The van der Waals surface area contributed by atoms with E-state index < -0.39 is 77.6 Å². The first-order valence-electron chi connectivity index (χ1n) is 22.2. The zero-order chi connectivity index (χ0) is 45.4. The van der Waals surface area contributed by atoms with Gasteiger partial charge in [-0.25, -0.2) is 9.59 Å². The van der Waals surface area contributed by atoms with Crippen LogP contribution in [-0.4, -0.2) is 101 Å². The lowest BCUT2D eigenvalue weighted by Gasteiger charge is -2.44. The van der Waals surface area contributed by atoms with Gasteiger partial charge in [0.2, 0.25) is 23.6 Å². The molecule has 62 heavy (non-hydrogen) atoms. The Labute approximate surface area is 366 Å². The highest BCUT2D eigenvalue weighted by molar-refractivity contribution is 5.99. The standard InChI is InChI=1S/C47H68N6O9/c1-8-34(9-2)48-46(60)51-40(47(5,6)7)44(58)53-26-18-23-35(43(57)52-24-16-17-25-52)39(53)42(56)49-36(28-38(54)61-29-32-19-12-10-13-20-32)41(55)50-37(27-31(3)4)45(59)62-30-33-21-14-11-15-22-33/h10-15,19-22,31,34-37,39-40H,8-9,16-18,23-30H2,1-7H3,(H,49,56)(H,50,55)(H2,48,51,60)/t35-,36-,37-,39-,40+/m0/s1. The number of piperidine rings is 1. The van der Waals surface area contributed by atoms with Gasteiger partial charge in [0.25, 0.3) is 0 Å². The Morgan fingerprint density at radius 3 is 1.85 bits per heavy atom. The SMILES string of the molecule is CCC(CC)NC(=O)N[C@H](C(=O)N1CCC[C@H](C(=O)N2CCCC2)[C@H]1C(=O)N[C@@H](CC(=O)OCc1ccccc1)C(=O)N[C@@H](CC(C)C)C(=O)OCc1ccccc1)C(C)(C)C. The summed E-state index contributed by atoms with van der Waals surface area (Å²) in [6.45, 7) is 14.1. The van der Waals surface area contributed by atoms with Crippen LogP contribution in [0.3, 0.4) is 0 Å². The number of urea groups is 1. The van der Waals surface area contributed by atoms with Crippen molar-refractivity contribution >= 4 is 41.6 Å². The maximum absolute atomic E-state index is 14.9. The van der Waals surface area contributed by atoms with E-state index in [0.717, 1.165) is 18.4 Å². The summed E-state index contributed by atoms with van der Waals surface area (Å²) in [7, 11) is 0. The minimum absolute atomic E-state index is 0.0298. The number of nitrogens with zero attached hydrogens (tertiary/aromatic N) is 2. The Kier molecular flexibility index (Phi) is 18.8. The third kappa shape index (κ3) is 14.6. The van der Waals surface area contributed by atoms with Gasteiger partial charge in [0.15, 0.2) is 0 Å². The van der Waals surface area contributed by atoms with Gasteiger partial charge in [0, 0.05) is 25.7 Å². The third-order valence-corrected chi connectivity index (χ3v) is 11.4. The number of carbonyl (C=O) groups excluding carboxylic acids is 7. The van der Waals surface area contributed by atoms with E-state index in [4.69, 9.17) is 9.47 Å². The largest absolute Gasteiger partial charge is 0.461 e. The van der Waals surface area contributed by atoms with Crippen molar-refractivity contribution in [3.63, 3.8) is 0 Å². The van der Waals surface area contributed by atoms with Gasteiger partial charge < -0.3 is 40.5 Å². The zero-order valence-electron chi connectivity index (χ0n) is 37.6. The van der Waals surface area contributed by atoms with Crippen molar-refractivity contribution in [1.29, 1.82) is 0 Å². The van der Waals surface area contributed by atoms with Crippen LogP contribution in [0.4, 0.5) is 4.79 Å². The van der Waals surface area contributed by atoms with Gasteiger partial charge in [-0.3, -0.25) is 24.0 Å². The quantitative estimate of drug-likeness (QED) is 0.141. The lowest BCUT2D eigenvalue weighted by molar-refractivity contribution is -0.155. The summed E-state index contributed by atoms with van der Waals surface area (Å²) in [6.07, 6.45) is 3.26. The molecule has 2 aromatic carbocycles. The summed E-state index contributed by atoms with van der Waals surface area (Å²) in [5.41, 5.74) is 0.641. The van der Waals surface area contributed by atoms with E-state index in [-0.39, 0.29) is 44.0 Å². The second-order valence-corrected chi connectivity index (χ2v) is 17.9. The van der Waals surface area contributed by atoms with Crippen molar-refractivity contribution < 1.29 is 43.0 Å². The van der Waals surface area contributed by atoms with Crippen LogP contribution in [0, 0.1) is 17.3 Å². The number of likely N-dealkylation sites (tertiary alicyclic amines) is 2. The molecule has 0 aromatic heterocycles. The number of esters is 2. The van der Waals surface area contributed by atoms with E-state index in [2.05, 4.69) is 21.3 Å². The number of rotatable bonds is 19. The predicted octanol–water partition coefficient (Wildman–Crippen LogP) is 5.01. The van der Waals surface area contributed by atoms with Gasteiger partial charge in [-0.15, -0.1) is 0 Å². The molecule has 6 amide bonds. The van der Waals surface area contributed by atoms with Gasteiger partial charge in [-0.05, 0) is 67.4 Å². The fraction of sp³-hybridized carbons (Fsp3) is 0.596. The van der Waals surface area contributed by atoms with Crippen LogP contribution >= 0.6 is 0 Å². The fourth-order valence-corrected chi connectivity index (χ4v) is 7.88. The average molecular weight is 861 g/mol. The molecule has 2 aliphatic heterocycles. The maximum Gasteiger partial charge on any atom is 0.328 e. The smallest absolute Gasteiger partial charge is 0.328 e. The number of hydrogen-bond donors (Lipinski definition) is 4. The minimum atomic E-state index is -1.58. The Morgan fingerprint density at radius 2 is 1.31 bits per heavy atom. The van der Waals surface area contributed by atoms with Gasteiger partial charge in [-0.2, -0.15) is 0 Å². The van der Waals surface area contributed by atoms with Crippen molar-refractivity contribution in [1.82, 2.24) is 31.1 Å². The van der Waals surface area contributed by atoms with Crippen LogP contribution in [0.15, 0.2) is 60.7 Å². The number of carbonyl (C=O) groups is 7. The molecule has 0 aliphatic carbocycles. The molecule has 2 aliphatic rings. The van der Waals surface area contributed by atoms with Gasteiger partial charge in [0.1, 0.15) is 37.4 Å². The highest BCUT2D eigenvalue weighted by Crippen LogP contribution is 2.31. The average Bonchev–Trinajstić information content (AvgIpc) is 3.80. The molecule has 2 aromatic rings. The first-order valence-corrected chi connectivity index (χ1v) is 22.2. The van der Waals surface area contributed by atoms with E-state index in [1.165, 1.54) is 4.90 Å². The number of benzene rings is 2. The van der Waals surface area contributed by atoms with Crippen LogP contribution in [0.1, 0.15) is 111 Å². The molecule has 2 heterocycles. The zero-order valence-corrected chi connectivity index (χ0v) is 37.6. The third-order valence-electron chi connectivity index (χ3n) is 11.4. The van der Waals surface area contributed by atoms with Gasteiger partial charge >= 0.3 is 18.0 Å². The molecule has 2 saturated heterocycles. The molecule has 15 nitrogen and oxygen atoms in total. The van der Waals surface area contributed by atoms with Crippen molar-refractivity contribution in [2.24, 2.45) is 17.3 Å². The minimum Gasteiger partial charge on any atom is -0.461 e. The molecule has 340 valence electrons. The Balaban J connectivity index is 1.67. The molecular weight excluding hydrogens is 793 g/mol. The molecule has 0 bridgehead atoms. The fourth-order valence-electron chi connectivity index (χ4n) is 7.88. The highest BCUT2D eigenvalue weighted by Gasteiger charge is 2.48. The van der Waals surface area contributed by atoms with E-state index >= 15 is 0 Å². The Hall–Kier alpha value is -5.47. The second-order valence-electron chi connectivity index (χ2n) is 17.9. The molecular formula is C47H68N6O9. The molecule has 5 atom stereocenters. The van der Waals surface area contributed by atoms with Crippen LogP contribution in [0.2, 0.25) is 0 Å². The Morgan fingerprint density at radius 1 is 0.726 bits per heavy atom.